The van der Waals surface area contributed by atoms with Crippen molar-refractivity contribution in [2.24, 2.45) is 0 Å². The van der Waals surface area contributed by atoms with Crippen molar-refractivity contribution in [3.05, 3.63) is 45.4 Å². The van der Waals surface area contributed by atoms with Crippen LogP contribution in [0.4, 0.5) is 5.82 Å². The van der Waals surface area contributed by atoms with Gasteiger partial charge in [-0.25, -0.2) is 9.97 Å². The molecule has 0 bridgehead atoms. The van der Waals surface area contributed by atoms with Gasteiger partial charge in [0.1, 0.15) is 11.6 Å². The molecule has 0 saturated heterocycles. The van der Waals surface area contributed by atoms with E-state index in [2.05, 4.69) is 76.0 Å². The minimum Gasteiger partial charge on any atom is -0.369 e. The van der Waals surface area contributed by atoms with Crippen LogP contribution in [0.25, 0.3) is 0 Å². The van der Waals surface area contributed by atoms with Gasteiger partial charge in [-0.2, -0.15) is 0 Å². The Morgan fingerprint density at radius 1 is 1.30 bits per heavy atom. The van der Waals surface area contributed by atoms with Gasteiger partial charge in [-0.1, -0.05) is 25.1 Å². The highest BCUT2D eigenvalue weighted by molar-refractivity contribution is 14.1. The van der Waals surface area contributed by atoms with E-state index in [0.29, 0.717) is 0 Å². The SMILES string of the molecule is CCCNc1nc(CSc2ccccc2C)ncc1I. The Kier molecular flexibility index (Phi) is 6.09. The van der Waals surface area contributed by atoms with Gasteiger partial charge in [0.25, 0.3) is 0 Å². The number of anilines is 1. The van der Waals surface area contributed by atoms with Crippen LogP contribution in [0.15, 0.2) is 35.4 Å². The molecule has 0 aliphatic heterocycles. The molecule has 0 unspecified atom stereocenters. The summed E-state index contributed by atoms with van der Waals surface area (Å²) in [6, 6.07) is 8.40. The van der Waals surface area contributed by atoms with E-state index in [4.69, 9.17) is 0 Å². The molecule has 2 aromatic rings. The Morgan fingerprint density at radius 2 is 2.10 bits per heavy atom. The number of benzene rings is 1. The second-order valence-electron chi connectivity index (χ2n) is 4.46. The molecule has 0 aliphatic carbocycles. The zero-order chi connectivity index (χ0) is 14.4. The Hall–Kier alpha value is -0.820. The molecule has 0 spiro atoms. The predicted octanol–water partition coefficient (Wildman–Crippen LogP) is 4.50. The van der Waals surface area contributed by atoms with Gasteiger partial charge in [0, 0.05) is 17.6 Å². The first-order valence-corrected chi connectivity index (χ1v) is 8.71. The van der Waals surface area contributed by atoms with Crippen molar-refractivity contribution in [1.82, 2.24) is 9.97 Å². The van der Waals surface area contributed by atoms with Gasteiger partial charge in [0.05, 0.1) is 9.32 Å². The van der Waals surface area contributed by atoms with Gasteiger partial charge in [0.15, 0.2) is 0 Å². The lowest BCUT2D eigenvalue weighted by Gasteiger charge is -2.08. The van der Waals surface area contributed by atoms with Gasteiger partial charge >= 0.3 is 0 Å². The van der Waals surface area contributed by atoms with E-state index in [1.54, 1.807) is 11.8 Å². The molecule has 5 heteroatoms. The van der Waals surface area contributed by atoms with Crippen LogP contribution >= 0.6 is 34.4 Å². The van der Waals surface area contributed by atoms with E-state index in [0.717, 1.165) is 33.9 Å². The molecule has 0 saturated carbocycles. The van der Waals surface area contributed by atoms with Crippen molar-refractivity contribution in [1.29, 1.82) is 0 Å². The molecule has 0 amide bonds. The fourth-order valence-electron chi connectivity index (χ4n) is 1.70. The number of nitrogens with zero attached hydrogens (tertiary/aromatic N) is 2. The fourth-order valence-corrected chi connectivity index (χ4v) is 3.05. The summed E-state index contributed by atoms with van der Waals surface area (Å²) in [6.07, 6.45) is 2.98. The number of hydrogen-bond acceptors (Lipinski definition) is 4. The zero-order valence-corrected chi connectivity index (χ0v) is 14.7. The highest BCUT2D eigenvalue weighted by Crippen LogP contribution is 2.25. The van der Waals surface area contributed by atoms with Crippen LogP contribution in [0.2, 0.25) is 0 Å². The number of halogens is 1. The van der Waals surface area contributed by atoms with E-state index in [9.17, 15) is 0 Å². The summed E-state index contributed by atoms with van der Waals surface area (Å²) >= 11 is 4.05. The summed E-state index contributed by atoms with van der Waals surface area (Å²) in [5.74, 6) is 2.61. The van der Waals surface area contributed by atoms with Gasteiger partial charge in [-0.05, 0) is 47.6 Å². The number of hydrogen-bond donors (Lipinski definition) is 1. The van der Waals surface area contributed by atoms with Crippen molar-refractivity contribution < 1.29 is 0 Å². The number of rotatable bonds is 6. The van der Waals surface area contributed by atoms with Crippen LogP contribution in [0.3, 0.4) is 0 Å². The second kappa shape index (κ2) is 7.83. The summed E-state index contributed by atoms with van der Waals surface area (Å²) in [7, 11) is 0. The topological polar surface area (TPSA) is 37.8 Å². The quantitative estimate of drug-likeness (QED) is 0.573. The standard InChI is InChI=1S/C15H18IN3S/c1-3-8-17-15-12(16)9-18-14(19-15)10-20-13-7-5-4-6-11(13)2/h4-7,9H,3,8,10H2,1-2H3,(H,17,18,19). The molecule has 0 fully saturated rings. The third kappa shape index (κ3) is 4.34. The minimum atomic E-state index is 0.794. The summed E-state index contributed by atoms with van der Waals surface area (Å²) in [5, 5.41) is 3.34. The van der Waals surface area contributed by atoms with Crippen LogP contribution in [-0.4, -0.2) is 16.5 Å². The van der Waals surface area contributed by atoms with E-state index < -0.39 is 0 Å². The summed E-state index contributed by atoms with van der Waals surface area (Å²) in [4.78, 5) is 10.3. The lowest BCUT2D eigenvalue weighted by Crippen LogP contribution is -2.06. The lowest BCUT2D eigenvalue weighted by molar-refractivity contribution is 0.946. The minimum absolute atomic E-state index is 0.794. The van der Waals surface area contributed by atoms with Crippen LogP contribution in [0, 0.1) is 10.5 Å². The third-order valence-electron chi connectivity index (χ3n) is 2.79. The fraction of sp³-hybridized carbons (Fsp3) is 0.333. The first-order chi connectivity index (χ1) is 9.70. The summed E-state index contributed by atoms with van der Waals surface area (Å²) < 4.78 is 1.07. The molecule has 1 aromatic carbocycles. The van der Waals surface area contributed by atoms with Crippen LogP contribution < -0.4 is 5.32 Å². The molecule has 20 heavy (non-hydrogen) atoms. The van der Waals surface area contributed by atoms with E-state index in [1.807, 2.05) is 6.20 Å². The number of aromatic nitrogens is 2. The van der Waals surface area contributed by atoms with Gasteiger partial charge in [0.2, 0.25) is 0 Å². The Balaban J connectivity index is 2.04. The van der Waals surface area contributed by atoms with Gasteiger partial charge in [-0.15, -0.1) is 11.8 Å². The predicted molar refractivity (Wildman–Crippen MR) is 94.3 cm³/mol. The molecule has 106 valence electrons. The van der Waals surface area contributed by atoms with Crippen molar-refractivity contribution >= 4 is 40.2 Å². The molecule has 0 aliphatic rings. The van der Waals surface area contributed by atoms with Gasteiger partial charge < -0.3 is 5.32 Å². The van der Waals surface area contributed by atoms with Crippen molar-refractivity contribution in [2.45, 2.75) is 30.9 Å². The number of aryl methyl sites for hydroxylation is 1. The van der Waals surface area contributed by atoms with Gasteiger partial charge in [-0.3, -0.25) is 0 Å². The average Bonchev–Trinajstić information content (AvgIpc) is 2.46. The Morgan fingerprint density at radius 3 is 2.85 bits per heavy atom. The summed E-state index contributed by atoms with van der Waals surface area (Å²) in [6.45, 7) is 5.22. The molecule has 1 heterocycles. The highest BCUT2D eigenvalue weighted by atomic mass is 127. The maximum atomic E-state index is 4.60. The zero-order valence-electron chi connectivity index (χ0n) is 11.7. The molecule has 3 nitrogen and oxygen atoms in total. The molecule has 1 N–H and O–H groups in total. The maximum absolute atomic E-state index is 4.60. The van der Waals surface area contributed by atoms with Crippen molar-refractivity contribution in [3.8, 4) is 0 Å². The van der Waals surface area contributed by atoms with Crippen molar-refractivity contribution in [2.75, 3.05) is 11.9 Å². The molecule has 0 atom stereocenters. The van der Waals surface area contributed by atoms with E-state index in [-0.39, 0.29) is 0 Å². The molecule has 2 rings (SSSR count). The Labute approximate surface area is 138 Å². The van der Waals surface area contributed by atoms with Crippen molar-refractivity contribution in [3.63, 3.8) is 0 Å². The normalized spacial score (nSPS) is 10.6. The van der Waals surface area contributed by atoms with E-state index in [1.165, 1.54) is 10.5 Å². The van der Waals surface area contributed by atoms with Crippen LogP contribution in [0.5, 0.6) is 0 Å². The monoisotopic (exact) mass is 399 g/mol. The second-order valence-corrected chi connectivity index (χ2v) is 6.64. The molecular weight excluding hydrogens is 381 g/mol. The summed E-state index contributed by atoms with van der Waals surface area (Å²) in [5.41, 5.74) is 1.30. The third-order valence-corrected chi connectivity index (χ3v) is 4.75. The highest BCUT2D eigenvalue weighted by Gasteiger charge is 2.06. The molecule has 1 aromatic heterocycles. The lowest BCUT2D eigenvalue weighted by atomic mass is 10.2. The average molecular weight is 399 g/mol. The first-order valence-electron chi connectivity index (χ1n) is 6.64. The number of thioether (sulfide) groups is 1. The van der Waals surface area contributed by atoms with Crippen LogP contribution in [-0.2, 0) is 5.75 Å². The largest absolute Gasteiger partial charge is 0.369 e. The van der Waals surface area contributed by atoms with Crippen LogP contribution in [0.1, 0.15) is 24.7 Å². The smallest absolute Gasteiger partial charge is 0.143 e. The number of nitrogens with one attached hydrogen (secondary N) is 1. The van der Waals surface area contributed by atoms with E-state index >= 15 is 0 Å². The molecular formula is C15H18IN3S. The Bertz CT molecular complexity index is 575. The maximum Gasteiger partial charge on any atom is 0.143 e. The first kappa shape index (κ1) is 15.6. The molecule has 0 radical (unpaired) electrons.